The maximum Gasteiger partial charge on any atom is 0.107 e. The number of aryl methyl sites for hydroxylation is 2. The van der Waals surface area contributed by atoms with Crippen LogP contribution in [0.1, 0.15) is 24.2 Å². The van der Waals surface area contributed by atoms with Gasteiger partial charge in [-0.25, -0.2) is 4.98 Å². The van der Waals surface area contributed by atoms with E-state index in [9.17, 15) is 0 Å². The van der Waals surface area contributed by atoms with Gasteiger partial charge in [-0.1, -0.05) is 78.9 Å². The Labute approximate surface area is 176 Å². The second-order valence-corrected chi connectivity index (χ2v) is 7.71. The summed E-state index contributed by atoms with van der Waals surface area (Å²) in [5, 5.41) is 1.34. The van der Waals surface area contributed by atoms with Gasteiger partial charge in [0.1, 0.15) is 5.82 Å². The van der Waals surface area contributed by atoms with Crippen LogP contribution in [0.15, 0.2) is 91.1 Å². The molecule has 0 amide bonds. The summed E-state index contributed by atoms with van der Waals surface area (Å²) in [6, 6.07) is 29.4. The molecule has 0 unspecified atom stereocenters. The highest BCUT2D eigenvalue weighted by atomic mass is 14.9. The van der Waals surface area contributed by atoms with Crippen LogP contribution in [0.2, 0.25) is 0 Å². The average Bonchev–Trinajstić information content (AvgIpc) is 3.43. The van der Waals surface area contributed by atoms with Gasteiger partial charge in [-0.15, -0.1) is 0 Å². The summed E-state index contributed by atoms with van der Waals surface area (Å²) < 4.78 is 0. The third kappa shape index (κ3) is 3.79. The Morgan fingerprint density at radius 3 is 2.13 bits per heavy atom. The summed E-state index contributed by atoms with van der Waals surface area (Å²) in [5.74, 6) is 1.06. The van der Waals surface area contributed by atoms with Crippen molar-refractivity contribution < 1.29 is 0 Å². The molecule has 0 aliphatic rings. The Balaban J connectivity index is 1.32. The van der Waals surface area contributed by atoms with E-state index in [0.717, 1.165) is 48.5 Å². The molecule has 0 aliphatic carbocycles. The van der Waals surface area contributed by atoms with E-state index in [1.54, 1.807) is 0 Å². The van der Waals surface area contributed by atoms with Gasteiger partial charge in [0.15, 0.2) is 0 Å². The minimum absolute atomic E-state index is 0.953. The van der Waals surface area contributed by atoms with E-state index in [1.807, 2.05) is 12.1 Å². The molecule has 0 spiro atoms. The lowest BCUT2D eigenvalue weighted by molar-refractivity contribution is 0.716. The molecule has 2 N–H and O–H groups in total. The standard InChI is InChI=1S/C27H25N3/c1-3-11-20(12-4-1)26-27(21-13-5-2-6-14-21)30-25(29-26)18-10-7-15-22-19-28-24-17-9-8-16-23(22)24/h1-6,8-9,11-14,16-17,19,28H,7,10,15,18H2,(H,29,30). The molecule has 0 atom stereocenters. The molecular weight excluding hydrogens is 366 g/mol. The summed E-state index contributed by atoms with van der Waals surface area (Å²) in [5.41, 5.74) is 7.09. The van der Waals surface area contributed by atoms with Gasteiger partial charge in [0.25, 0.3) is 0 Å². The van der Waals surface area contributed by atoms with E-state index < -0.39 is 0 Å². The highest BCUT2D eigenvalue weighted by Gasteiger charge is 2.13. The van der Waals surface area contributed by atoms with E-state index in [4.69, 9.17) is 4.98 Å². The first-order chi connectivity index (χ1) is 14.9. The van der Waals surface area contributed by atoms with Gasteiger partial charge in [-0.3, -0.25) is 0 Å². The molecule has 0 radical (unpaired) electrons. The molecule has 0 saturated carbocycles. The maximum atomic E-state index is 4.98. The first kappa shape index (κ1) is 18.4. The SMILES string of the molecule is c1ccc(-c2nc(CCCCc3c[nH]c4ccccc34)[nH]c2-c2ccccc2)cc1. The van der Waals surface area contributed by atoms with Crippen LogP contribution in [0, 0.1) is 0 Å². The Hall–Kier alpha value is -3.59. The topological polar surface area (TPSA) is 44.5 Å². The van der Waals surface area contributed by atoms with Crippen molar-refractivity contribution in [2.24, 2.45) is 0 Å². The summed E-state index contributed by atoms with van der Waals surface area (Å²) in [6.07, 6.45) is 6.44. The van der Waals surface area contributed by atoms with Crippen molar-refractivity contribution in [1.82, 2.24) is 15.0 Å². The smallest absolute Gasteiger partial charge is 0.107 e. The van der Waals surface area contributed by atoms with E-state index >= 15 is 0 Å². The molecule has 2 aromatic heterocycles. The van der Waals surface area contributed by atoms with E-state index in [-0.39, 0.29) is 0 Å². The van der Waals surface area contributed by atoms with Crippen molar-refractivity contribution in [1.29, 1.82) is 0 Å². The molecule has 0 fully saturated rings. The Kier molecular flexibility index (Phi) is 5.17. The van der Waals surface area contributed by atoms with Crippen LogP contribution >= 0.6 is 0 Å². The van der Waals surface area contributed by atoms with E-state index in [1.165, 1.54) is 22.0 Å². The molecule has 30 heavy (non-hydrogen) atoms. The lowest BCUT2D eigenvalue weighted by Gasteiger charge is -2.02. The first-order valence-corrected chi connectivity index (χ1v) is 10.6. The molecule has 5 aromatic rings. The third-order valence-corrected chi connectivity index (χ3v) is 5.65. The molecule has 0 saturated heterocycles. The number of hydrogen-bond donors (Lipinski definition) is 2. The summed E-state index contributed by atoms with van der Waals surface area (Å²) >= 11 is 0. The molecule has 3 aromatic carbocycles. The highest BCUT2D eigenvalue weighted by Crippen LogP contribution is 2.30. The van der Waals surface area contributed by atoms with E-state index in [2.05, 4.69) is 89.0 Å². The zero-order valence-electron chi connectivity index (χ0n) is 16.9. The van der Waals surface area contributed by atoms with Crippen molar-refractivity contribution in [3.8, 4) is 22.5 Å². The van der Waals surface area contributed by atoms with Crippen molar-refractivity contribution in [3.05, 3.63) is 103 Å². The fraction of sp³-hybridized carbons (Fsp3) is 0.148. The van der Waals surface area contributed by atoms with Crippen LogP contribution < -0.4 is 0 Å². The van der Waals surface area contributed by atoms with E-state index in [0.29, 0.717) is 0 Å². The average molecular weight is 392 g/mol. The number of fused-ring (bicyclic) bond motifs is 1. The van der Waals surface area contributed by atoms with Crippen LogP contribution in [0.3, 0.4) is 0 Å². The number of hydrogen-bond acceptors (Lipinski definition) is 1. The third-order valence-electron chi connectivity index (χ3n) is 5.65. The number of para-hydroxylation sites is 1. The maximum absolute atomic E-state index is 4.98. The molecule has 0 bridgehead atoms. The lowest BCUT2D eigenvalue weighted by Crippen LogP contribution is -1.91. The summed E-state index contributed by atoms with van der Waals surface area (Å²) in [6.45, 7) is 0. The highest BCUT2D eigenvalue weighted by molar-refractivity contribution is 5.83. The van der Waals surface area contributed by atoms with Gasteiger partial charge < -0.3 is 9.97 Å². The van der Waals surface area contributed by atoms with Gasteiger partial charge in [0, 0.05) is 34.6 Å². The second kappa shape index (κ2) is 8.42. The molecule has 3 heteroatoms. The number of rotatable bonds is 7. The molecule has 5 rings (SSSR count). The number of nitrogens with one attached hydrogen (secondary N) is 2. The van der Waals surface area contributed by atoms with Crippen LogP contribution in [-0.2, 0) is 12.8 Å². The van der Waals surface area contributed by atoms with Crippen molar-refractivity contribution in [3.63, 3.8) is 0 Å². The monoisotopic (exact) mass is 391 g/mol. The van der Waals surface area contributed by atoms with Crippen molar-refractivity contribution >= 4 is 10.9 Å². The van der Waals surface area contributed by atoms with Crippen LogP contribution in [-0.4, -0.2) is 15.0 Å². The quantitative estimate of drug-likeness (QED) is 0.295. The first-order valence-electron chi connectivity index (χ1n) is 10.6. The summed E-state index contributed by atoms with van der Waals surface area (Å²) in [7, 11) is 0. The number of imidazole rings is 1. The lowest BCUT2D eigenvalue weighted by atomic mass is 10.1. The van der Waals surface area contributed by atoms with Gasteiger partial charge in [-0.05, 0) is 30.9 Å². The van der Waals surface area contributed by atoms with Crippen molar-refractivity contribution in [2.75, 3.05) is 0 Å². The largest absolute Gasteiger partial charge is 0.361 e. The fourth-order valence-electron chi connectivity index (χ4n) is 4.11. The van der Waals surface area contributed by atoms with Gasteiger partial charge in [0.2, 0.25) is 0 Å². The molecular formula is C27H25N3. The van der Waals surface area contributed by atoms with Crippen molar-refractivity contribution in [2.45, 2.75) is 25.7 Å². The number of H-pyrrole nitrogens is 2. The Bertz CT molecular complexity index is 1180. The van der Waals surface area contributed by atoms with Gasteiger partial charge in [-0.2, -0.15) is 0 Å². The number of aromatic nitrogens is 3. The van der Waals surface area contributed by atoms with Crippen LogP contribution in [0.25, 0.3) is 33.4 Å². The number of benzene rings is 3. The number of unbranched alkanes of at least 4 members (excludes halogenated alkanes) is 1. The summed E-state index contributed by atoms with van der Waals surface area (Å²) in [4.78, 5) is 12.0. The minimum Gasteiger partial charge on any atom is -0.361 e. The molecule has 2 heterocycles. The van der Waals surface area contributed by atoms with Crippen LogP contribution in [0.5, 0.6) is 0 Å². The van der Waals surface area contributed by atoms with Gasteiger partial charge >= 0.3 is 0 Å². The minimum atomic E-state index is 0.953. The molecule has 0 aliphatic heterocycles. The fourth-order valence-corrected chi connectivity index (χ4v) is 4.11. The normalized spacial score (nSPS) is 11.2. The zero-order valence-corrected chi connectivity index (χ0v) is 16.9. The number of nitrogens with zero attached hydrogens (tertiary/aromatic N) is 1. The Morgan fingerprint density at radius 1 is 0.667 bits per heavy atom. The Morgan fingerprint density at radius 2 is 1.33 bits per heavy atom. The molecule has 148 valence electrons. The predicted octanol–water partition coefficient (Wildman–Crippen LogP) is 6.79. The number of aromatic amines is 2. The zero-order chi connectivity index (χ0) is 20.2. The molecule has 3 nitrogen and oxygen atoms in total. The van der Waals surface area contributed by atoms with Gasteiger partial charge in [0.05, 0.1) is 11.4 Å². The second-order valence-electron chi connectivity index (χ2n) is 7.71. The predicted molar refractivity (Wildman–Crippen MR) is 124 cm³/mol. The van der Waals surface area contributed by atoms with Crippen LogP contribution in [0.4, 0.5) is 0 Å².